The number of carbonyl (C=O) groups is 1. The number of halogens is 3. The van der Waals surface area contributed by atoms with Crippen LogP contribution in [0, 0.1) is 0 Å². The van der Waals surface area contributed by atoms with Crippen LogP contribution in [0.1, 0.15) is 0 Å². The summed E-state index contributed by atoms with van der Waals surface area (Å²) in [6, 6.07) is 6.24. The fraction of sp³-hybridized carbons (Fsp3) is 0.222. The second kappa shape index (κ2) is 5.48. The number of alkyl halides is 3. The first kappa shape index (κ1) is 13.2. The van der Waals surface area contributed by atoms with Crippen molar-refractivity contribution >= 4 is 41.0 Å². The van der Waals surface area contributed by atoms with E-state index in [9.17, 15) is 4.79 Å². The molecule has 0 atom stereocenters. The van der Waals surface area contributed by atoms with Crippen LogP contribution in [0.3, 0.4) is 0 Å². The van der Waals surface area contributed by atoms with E-state index in [1.807, 2.05) is 0 Å². The van der Waals surface area contributed by atoms with Crippen LogP contribution in [-0.4, -0.2) is 17.2 Å². The SMILES string of the molecule is COc1ccc(OC(=O)OC(Cl)(Cl)Cl)cc1. The highest BCUT2D eigenvalue weighted by Gasteiger charge is 2.26. The van der Waals surface area contributed by atoms with Crippen molar-refractivity contribution in [2.45, 2.75) is 3.98 Å². The molecule has 0 saturated carbocycles. The molecule has 1 aromatic carbocycles. The number of hydrogen-bond acceptors (Lipinski definition) is 4. The maximum absolute atomic E-state index is 11.1. The van der Waals surface area contributed by atoms with Gasteiger partial charge in [-0.05, 0) is 59.1 Å². The van der Waals surface area contributed by atoms with Crippen LogP contribution >= 0.6 is 34.8 Å². The predicted molar refractivity (Wildman–Crippen MR) is 60.4 cm³/mol. The van der Waals surface area contributed by atoms with Gasteiger partial charge in [-0.1, -0.05) is 0 Å². The Morgan fingerprint density at radius 2 is 1.62 bits per heavy atom. The lowest BCUT2D eigenvalue weighted by Gasteiger charge is -2.11. The quantitative estimate of drug-likeness (QED) is 0.474. The van der Waals surface area contributed by atoms with Crippen LogP contribution in [0.4, 0.5) is 4.79 Å². The van der Waals surface area contributed by atoms with Gasteiger partial charge in [0.25, 0.3) is 0 Å². The maximum atomic E-state index is 11.1. The third-order valence-corrected chi connectivity index (χ3v) is 1.69. The summed E-state index contributed by atoms with van der Waals surface area (Å²) < 4.78 is 11.8. The van der Waals surface area contributed by atoms with Gasteiger partial charge in [-0.25, -0.2) is 4.79 Å². The fourth-order valence-electron chi connectivity index (χ4n) is 0.855. The van der Waals surface area contributed by atoms with E-state index in [1.54, 1.807) is 12.1 Å². The molecule has 0 bridgehead atoms. The Balaban J connectivity index is 2.56. The molecule has 7 heteroatoms. The molecule has 0 aliphatic heterocycles. The zero-order valence-corrected chi connectivity index (χ0v) is 10.3. The third-order valence-electron chi connectivity index (χ3n) is 1.46. The van der Waals surface area contributed by atoms with E-state index in [1.165, 1.54) is 19.2 Å². The second-order valence-electron chi connectivity index (χ2n) is 2.58. The highest BCUT2D eigenvalue weighted by molar-refractivity contribution is 6.66. The first-order chi connectivity index (χ1) is 7.40. The lowest BCUT2D eigenvalue weighted by molar-refractivity contribution is 0.0968. The van der Waals surface area contributed by atoms with Gasteiger partial charge in [-0.3, -0.25) is 0 Å². The number of methoxy groups -OCH3 is 1. The molecule has 0 spiro atoms. The summed E-state index contributed by atoms with van der Waals surface area (Å²) in [5.74, 6) is 0.877. The van der Waals surface area contributed by atoms with Gasteiger partial charge in [0, 0.05) is 0 Å². The van der Waals surface area contributed by atoms with E-state index in [0.29, 0.717) is 5.75 Å². The van der Waals surface area contributed by atoms with Gasteiger partial charge in [0.15, 0.2) is 0 Å². The van der Waals surface area contributed by atoms with Crippen LogP contribution in [-0.2, 0) is 4.74 Å². The van der Waals surface area contributed by atoms with E-state index in [0.717, 1.165) is 0 Å². The fourth-order valence-corrected chi connectivity index (χ4v) is 1.04. The molecule has 0 aromatic heterocycles. The Hall–Kier alpha value is -0.840. The van der Waals surface area contributed by atoms with Gasteiger partial charge < -0.3 is 14.2 Å². The van der Waals surface area contributed by atoms with Crippen molar-refractivity contribution in [1.29, 1.82) is 0 Å². The van der Waals surface area contributed by atoms with Crippen molar-refractivity contribution in [2.75, 3.05) is 7.11 Å². The molecule has 0 fully saturated rings. The van der Waals surface area contributed by atoms with Gasteiger partial charge in [0.2, 0.25) is 0 Å². The zero-order chi connectivity index (χ0) is 12.2. The normalized spacial score (nSPS) is 10.8. The van der Waals surface area contributed by atoms with Crippen molar-refractivity contribution in [2.24, 2.45) is 0 Å². The standard InChI is InChI=1S/C9H7Cl3O4/c1-14-6-2-4-7(5-3-6)15-8(13)16-9(10,11)12/h2-5H,1H3. The van der Waals surface area contributed by atoms with Crippen molar-refractivity contribution in [1.82, 2.24) is 0 Å². The predicted octanol–water partition coefficient (Wildman–Crippen LogP) is 3.54. The first-order valence-electron chi connectivity index (χ1n) is 4.02. The lowest BCUT2D eigenvalue weighted by Crippen LogP contribution is -2.19. The number of benzene rings is 1. The smallest absolute Gasteiger partial charge is 0.497 e. The molecule has 16 heavy (non-hydrogen) atoms. The van der Waals surface area contributed by atoms with Gasteiger partial charge >= 0.3 is 10.1 Å². The van der Waals surface area contributed by atoms with Crippen LogP contribution < -0.4 is 9.47 Å². The number of rotatable bonds is 2. The highest BCUT2D eigenvalue weighted by atomic mass is 35.6. The largest absolute Gasteiger partial charge is 0.517 e. The zero-order valence-electron chi connectivity index (χ0n) is 8.08. The van der Waals surface area contributed by atoms with Crippen LogP contribution in [0.15, 0.2) is 24.3 Å². The van der Waals surface area contributed by atoms with Gasteiger partial charge in [0.05, 0.1) is 7.11 Å². The Kier molecular flexibility index (Phi) is 4.53. The minimum atomic E-state index is -2.14. The van der Waals surface area contributed by atoms with Crippen molar-refractivity contribution in [3.8, 4) is 11.5 Å². The van der Waals surface area contributed by atoms with Crippen LogP contribution in [0.2, 0.25) is 0 Å². The molecule has 0 aliphatic carbocycles. The average Bonchev–Trinajstić information content (AvgIpc) is 2.16. The van der Waals surface area contributed by atoms with Gasteiger partial charge in [-0.2, -0.15) is 0 Å². The molecule has 1 aromatic rings. The molecule has 0 unspecified atom stereocenters. The molecule has 0 radical (unpaired) electrons. The van der Waals surface area contributed by atoms with E-state index in [4.69, 9.17) is 44.3 Å². The minimum Gasteiger partial charge on any atom is -0.497 e. The molecule has 1 rings (SSSR count). The van der Waals surface area contributed by atoms with Crippen molar-refractivity contribution in [3.05, 3.63) is 24.3 Å². The average molecular weight is 286 g/mol. The summed E-state index contributed by atoms with van der Waals surface area (Å²) >= 11 is 15.7. The molecule has 0 amide bonds. The summed E-state index contributed by atoms with van der Waals surface area (Å²) in [7, 11) is 1.52. The Labute approximate surface area is 107 Å². The van der Waals surface area contributed by atoms with Crippen molar-refractivity contribution in [3.63, 3.8) is 0 Å². The summed E-state index contributed by atoms with van der Waals surface area (Å²) in [5.41, 5.74) is 0. The topological polar surface area (TPSA) is 44.8 Å². The van der Waals surface area contributed by atoms with Crippen LogP contribution in [0.5, 0.6) is 11.5 Å². The van der Waals surface area contributed by atoms with Crippen molar-refractivity contribution < 1.29 is 19.0 Å². The monoisotopic (exact) mass is 284 g/mol. The van der Waals surface area contributed by atoms with Crippen LogP contribution in [0.25, 0.3) is 0 Å². The molecule has 0 saturated heterocycles. The minimum absolute atomic E-state index is 0.250. The number of carbonyl (C=O) groups excluding carboxylic acids is 1. The number of hydrogen-bond donors (Lipinski definition) is 0. The maximum Gasteiger partial charge on any atom is 0.517 e. The summed E-state index contributed by atoms with van der Waals surface area (Å²) in [4.78, 5) is 11.1. The molecule has 0 N–H and O–H groups in total. The van der Waals surface area contributed by atoms with E-state index in [-0.39, 0.29) is 5.75 Å². The Morgan fingerprint density at radius 3 is 2.06 bits per heavy atom. The van der Waals surface area contributed by atoms with E-state index < -0.39 is 10.1 Å². The Morgan fingerprint density at radius 1 is 1.12 bits per heavy atom. The van der Waals surface area contributed by atoms with E-state index in [2.05, 4.69) is 4.74 Å². The highest BCUT2D eigenvalue weighted by Crippen LogP contribution is 2.28. The molecule has 0 aliphatic rings. The number of ether oxygens (including phenoxy) is 3. The third kappa shape index (κ3) is 4.79. The van der Waals surface area contributed by atoms with Gasteiger partial charge in [0.1, 0.15) is 11.5 Å². The molecule has 88 valence electrons. The summed E-state index contributed by atoms with van der Waals surface area (Å²) in [5, 5.41) is 0. The molecular weight excluding hydrogens is 278 g/mol. The molecular formula is C9H7Cl3O4. The van der Waals surface area contributed by atoms with Gasteiger partial charge in [-0.15, -0.1) is 0 Å². The lowest BCUT2D eigenvalue weighted by atomic mass is 10.3. The Bertz CT molecular complexity index is 358. The summed E-state index contributed by atoms with van der Waals surface area (Å²) in [6.45, 7) is 0. The first-order valence-corrected chi connectivity index (χ1v) is 5.16. The van der Waals surface area contributed by atoms with E-state index >= 15 is 0 Å². The summed E-state index contributed by atoms with van der Waals surface area (Å²) in [6.07, 6.45) is -1.11. The second-order valence-corrected chi connectivity index (χ2v) is 4.75. The molecule has 0 heterocycles. The molecule has 4 nitrogen and oxygen atoms in total.